The molecule has 2 heterocycles. The van der Waals surface area contributed by atoms with Crippen molar-refractivity contribution in [3.05, 3.63) is 175 Å². The lowest BCUT2D eigenvalue weighted by Gasteiger charge is -2.24. The van der Waals surface area contributed by atoms with Crippen LogP contribution < -0.4 is 0 Å². The molecule has 10 rings (SSSR count). The van der Waals surface area contributed by atoms with Crippen LogP contribution in [0.5, 0.6) is 0 Å². The second-order valence-corrected chi connectivity index (χ2v) is 14.0. The van der Waals surface area contributed by atoms with Crippen molar-refractivity contribution < 1.29 is 4.42 Å². The van der Waals surface area contributed by atoms with Crippen LogP contribution in [0, 0.1) is 0 Å². The van der Waals surface area contributed by atoms with Crippen LogP contribution in [0.2, 0.25) is 0 Å². The molecule has 9 aromatic rings. The first-order valence-electron chi connectivity index (χ1n) is 17.7. The number of aromatic nitrogens is 3. The third-order valence-electron chi connectivity index (χ3n) is 10.5. The molecule has 0 bridgehead atoms. The van der Waals surface area contributed by atoms with Crippen LogP contribution in [-0.4, -0.2) is 15.0 Å². The number of hydrogen-bond donors (Lipinski definition) is 0. The smallest absolute Gasteiger partial charge is 0.164 e. The summed E-state index contributed by atoms with van der Waals surface area (Å²) in [6, 6.07) is 57.1. The van der Waals surface area contributed by atoms with E-state index < -0.39 is 0 Å². The van der Waals surface area contributed by atoms with Gasteiger partial charge in [-0.25, -0.2) is 15.0 Å². The van der Waals surface area contributed by atoms with Crippen LogP contribution in [-0.2, 0) is 5.41 Å². The summed E-state index contributed by atoms with van der Waals surface area (Å²) < 4.78 is 6.54. The second kappa shape index (κ2) is 11.7. The maximum Gasteiger partial charge on any atom is 0.164 e. The lowest BCUT2D eigenvalue weighted by molar-refractivity contribution is 0.661. The summed E-state index contributed by atoms with van der Waals surface area (Å²) in [7, 11) is 0. The summed E-state index contributed by atoms with van der Waals surface area (Å²) in [4.78, 5) is 15.8. The Labute approximate surface area is 302 Å². The number of hydrogen-bond acceptors (Lipinski definition) is 4. The van der Waals surface area contributed by atoms with E-state index in [4.69, 9.17) is 19.4 Å². The SMILES string of the molecule is CC1(C)c2ccccc2-c2cccc(-c3nc(-c4ccc5c(c4)oc4cccc(-c6ccccc6)c45)nc(-c4ccccc4-c4ccccc4)n3)c21. The zero-order valence-electron chi connectivity index (χ0n) is 28.8. The van der Waals surface area contributed by atoms with Gasteiger partial charge < -0.3 is 4.42 Å². The Morgan fingerprint density at radius 1 is 0.404 bits per heavy atom. The predicted octanol–water partition coefficient (Wildman–Crippen LogP) is 12.4. The van der Waals surface area contributed by atoms with E-state index in [9.17, 15) is 0 Å². The van der Waals surface area contributed by atoms with Crippen molar-refractivity contribution in [3.8, 4) is 67.5 Å². The van der Waals surface area contributed by atoms with E-state index in [-0.39, 0.29) is 5.41 Å². The lowest BCUT2D eigenvalue weighted by atomic mass is 9.80. The summed E-state index contributed by atoms with van der Waals surface area (Å²) in [5.74, 6) is 1.87. The van der Waals surface area contributed by atoms with E-state index >= 15 is 0 Å². The highest BCUT2D eigenvalue weighted by Crippen LogP contribution is 2.52. The molecule has 4 heteroatoms. The van der Waals surface area contributed by atoms with E-state index in [1.165, 1.54) is 22.3 Å². The number of fused-ring (bicyclic) bond motifs is 6. The molecule has 0 saturated heterocycles. The Morgan fingerprint density at radius 3 is 1.73 bits per heavy atom. The molecule has 0 amide bonds. The minimum atomic E-state index is -0.235. The third-order valence-corrected chi connectivity index (χ3v) is 10.5. The molecule has 0 fully saturated rings. The molecule has 0 atom stereocenters. The Bertz CT molecular complexity index is 2820. The van der Waals surface area contributed by atoms with Crippen molar-refractivity contribution in [1.82, 2.24) is 15.0 Å². The molecule has 0 aliphatic heterocycles. The molecule has 246 valence electrons. The van der Waals surface area contributed by atoms with Gasteiger partial charge in [0.2, 0.25) is 0 Å². The van der Waals surface area contributed by atoms with E-state index in [1.807, 2.05) is 18.2 Å². The number of furan rings is 1. The van der Waals surface area contributed by atoms with Crippen LogP contribution in [0.25, 0.3) is 89.5 Å². The van der Waals surface area contributed by atoms with Crippen LogP contribution in [0.3, 0.4) is 0 Å². The topological polar surface area (TPSA) is 51.8 Å². The zero-order chi connectivity index (χ0) is 34.8. The normalized spacial score (nSPS) is 13.0. The Hall–Kier alpha value is -6.65. The fourth-order valence-corrected chi connectivity index (χ4v) is 8.15. The van der Waals surface area contributed by atoms with Crippen molar-refractivity contribution in [3.63, 3.8) is 0 Å². The molecule has 2 aromatic heterocycles. The standard InChI is InChI=1S/C48H33N3O/c1-48(2)40-25-12-11-20-35(40)36-23-13-24-39(44(36)48)47-50-45(49-46(51-47)37-21-10-9-19-33(37)30-15-5-3-6-16-30)32-27-28-38-42(29-32)52-41-26-14-22-34(43(38)41)31-17-7-4-8-18-31/h3-29H,1-2H3. The van der Waals surface area contributed by atoms with Crippen molar-refractivity contribution in [2.24, 2.45) is 0 Å². The summed E-state index contributed by atoms with van der Waals surface area (Å²) in [6.07, 6.45) is 0. The van der Waals surface area contributed by atoms with E-state index in [2.05, 4.69) is 159 Å². The molecule has 0 N–H and O–H groups in total. The maximum atomic E-state index is 6.54. The van der Waals surface area contributed by atoms with Gasteiger partial charge in [0.15, 0.2) is 17.5 Å². The maximum absolute atomic E-state index is 6.54. The van der Waals surface area contributed by atoms with Crippen molar-refractivity contribution >= 4 is 21.9 Å². The first-order chi connectivity index (χ1) is 25.5. The van der Waals surface area contributed by atoms with E-state index in [0.29, 0.717) is 17.5 Å². The molecule has 0 radical (unpaired) electrons. The number of benzene rings is 7. The van der Waals surface area contributed by atoms with Gasteiger partial charge in [0.1, 0.15) is 11.2 Å². The molecule has 1 aliphatic carbocycles. The van der Waals surface area contributed by atoms with Crippen molar-refractivity contribution in [1.29, 1.82) is 0 Å². The van der Waals surface area contributed by atoms with Crippen molar-refractivity contribution in [2.75, 3.05) is 0 Å². The highest BCUT2D eigenvalue weighted by atomic mass is 16.3. The van der Waals surface area contributed by atoms with Gasteiger partial charge in [-0.15, -0.1) is 0 Å². The highest BCUT2D eigenvalue weighted by molar-refractivity contribution is 6.13. The van der Waals surface area contributed by atoms with Gasteiger partial charge in [0.25, 0.3) is 0 Å². The fraction of sp³-hybridized carbons (Fsp3) is 0.0625. The molecule has 4 nitrogen and oxygen atoms in total. The van der Waals surface area contributed by atoms with E-state index in [0.717, 1.165) is 60.9 Å². The van der Waals surface area contributed by atoms with Crippen LogP contribution in [0.15, 0.2) is 168 Å². The first-order valence-corrected chi connectivity index (χ1v) is 17.7. The second-order valence-electron chi connectivity index (χ2n) is 14.0. The minimum Gasteiger partial charge on any atom is -0.456 e. The Kier molecular flexibility index (Phi) is 6.80. The lowest BCUT2D eigenvalue weighted by Crippen LogP contribution is -2.17. The van der Waals surface area contributed by atoms with Crippen molar-refractivity contribution in [2.45, 2.75) is 19.3 Å². The monoisotopic (exact) mass is 667 g/mol. The van der Waals surface area contributed by atoms with Gasteiger partial charge in [0, 0.05) is 32.9 Å². The summed E-state index contributed by atoms with van der Waals surface area (Å²) >= 11 is 0. The average Bonchev–Trinajstić information content (AvgIpc) is 3.70. The van der Waals surface area contributed by atoms with Gasteiger partial charge in [-0.2, -0.15) is 0 Å². The van der Waals surface area contributed by atoms with E-state index in [1.54, 1.807) is 0 Å². The molecule has 1 aliphatic rings. The third kappa shape index (κ3) is 4.72. The van der Waals surface area contributed by atoms with Crippen LogP contribution in [0.1, 0.15) is 25.0 Å². The fourth-order valence-electron chi connectivity index (χ4n) is 8.15. The quantitative estimate of drug-likeness (QED) is 0.183. The highest BCUT2D eigenvalue weighted by Gasteiger charge is 2.38. The van der Waals surface area contributed by atoms with Gasteiger partial charge in [-0.1, -0.05) is 159 Å². The summed E-state index contributed by atoms with van der Waals surface area (Å²) in [6.45, 7) is 4.60. The Balaban J connectivity index is 1.20. The summed E-state index contributed by atoms with van der Waals surface area (Å²) in [5.41, 5.74) is 13.7. The summed E-state index contributed by atoms with van der Waals surface area (Å²) in [5, 5.41) is 2.16. The number of rotatable bonds is 5. The minimum absolute atomic E-state index is 0.235. The first kappa shape index (κ1) is 30.2. The molecule has 0 spiro atoms. The van der Waals surface area contributed by atoms with Gasteiger partial charge >= 0.3 is 0 Å². The molecular formula is C48H33N3O. The average molecular weight is 668 g/mol. The number of nitrogens with zero attached hydrogens (tertiary/aromatic N) is 3. The van der Waals surface area contributed by atoms with Crippen LogP contribution in [0.4, 0.5) is 0 Å². The molecule has 0 saturated carbocycles. The van der Waals surface area contributed by atoms with Gasteiger partial charge in [-0.3, -0.25) is 0 Å². The predicted molar refractivity (Wildman–Crippen MR) is 212 cm³/mol. The van der Waals surface area contributed by atoms with Gasteiger partial charge in [-0.05, 0) is 62.7 Å². The molecular weight excluding hydrogens is 635 g/mol. The Morgan fingerprint density at radius 2 is 0.962 bits per heavy atom. The van der Waals surface area contributed by atoms with Crippen LogP contribution >= 0.6 is 0 Å². The molecule has 7 aromatic carbocycles. The molecule has 0 unspecified atom stereocenters. The largest absolute Gasteiger partial charge is 0.456 e. The zero-order valence-corrected chi connectivity index (χ0v) is 28.8. The van der Waals surface area contributed by atoms with Gasteiger partial charge in [0.05, 0.1) is 0 Å². The molecule has 52 heavy (non-hydrogen) atoms.